The van der Waals surface area contributed by atoms with E-state index in [0.29, 0.717) is 13.0 Å². The van der Waals surface area contributed by atoms with Gasteiger partial charge < -0.3 is 10.1 Å². The van der Waals surface area contributed by atoms with Gasteiger partial charge in [0, 0.05) is 30.6 Å². The lowest BCUT2D eigenvalue weighted by Gasteiger charge is -2.10. The Balaban J connectivity index is 1.78. The second-order valence-corrected chi connectivity index (χ2v) is 5.17. The predicted octanol–water partition coefficient (Wildman–Crippen LogP) is 3.01. The summed E-state index contributed by atoms with van der Waals surface area (Å²) in [6.07, 6.45) is 6.18. The summed E-state index contributed by atoms with van der Waals surface area (Å²) in [5.74, 6) is -0.207. The van der Waals surface area contributed by atoms with Crippen LogP contribution in [0.3, 0.4) is 0 Å². The fraction of sp³-hybridized carbons (Fsp3) is 0.222. The Kier molecular flexibility index (Phi) is 4.19. The SMILES string of the molecule is CCOC(=O)C1CC(c2cncc(-c3ccccc3)c2)=CN1. The van der Waals surface area contributed by atoms with E-state index in [1.54, 1.807) is 0 Å². The average Bonchev–Trinajstić information content (AvgIpc) is 3.06. The Bertz CT molecular complexity index is 695. The van der Waals surface area contributed by atoms with E-state index >= 15 is 0 Å². The standard InChI is InChI=1S/C18H18N2O2/c1-2-22-18(21)17-9-16(12-20-17)15-8-14(10-19-11-15)13-6-4-3-5-7-13/h3-8,10-12,17,20H,2,9H2,1H3. The number of nitrogens with zero attached hydrogens (tertiary/aromatic N) is 1. The number of nitrogens with one attached hydrogen (secondary N) is 1. The average molecular weight is 294 g/mol. The third-order valence-corrected chi connectivity index (χ3v) is 3.67. The molecule has 1 unspecified atom stereocenters. The first-order chi connectivity index (χ1) is 10.8. The van der Waals surface area contributed by atoms with Crippen LogP contribution in [0.4, 0.5) is 0 Å². The zero-order chi connectivity index (χ0) is 15.4. The lowest BCUT2D eigenvalue weighted by Crippen LogP contribution is -2.31. The molecule has 3 rings (SSSR count). The molecule has 0 radical (unpaired) electrons. The van der Waals surface area contributed by atoms with E-state index in [9.17, 15) is 4.79 Å². The monoisotopic (exact) mass is 294 g/mol. The van der Waals surface area contributed by atoms with Crippen LogP contribution in [-0.2, 0) is 9.53 Å². The van der Waals surface area contributed by atoms with Crippen LogP contribution in [0.15, 0.2) is 55.0 Å². The number of pyridine rings is 1. The first kappa shape index (κ1) is 14.3. The van der Waals surface area contributed by atoms with E-state index in [-0.39, 0.29) is 12.0 Å². The molecular formula is C18H18N2O2. The molecule has 22 heavy (non-hydrogen) atoms. The summed E-state index contributed by atoms with van der Waals surface area (Å²) in [4.78, 5) is 16.1. The second kappa shape index (κ2) is 6.43. The van der Waals surface area contributed by atoms with Crippen LogP contribution < -0.4 is 5.32 Å². The molecule has 1 aromatic heterocycles. The number of carbonyl (C=O) groups excluding carboxylic acids is 1. The van der Waals surface area contributed by atoms with Crippen LogP contribution in [0.1, 0.15) is 18.9 Å². The molecular weight excluding hydrogens is 276 g/mol. The zero-order valence-electron chi connectivity index (χ0n) is 12.5. The topological polar surface area (TPSA) is 51.2 Å². The Morgan fingerprint density at radius 2 is 2.00 bits per heavy atom. The summed E-state index contributed by atoms with van der Waals surface area (Å²) in [5.41, 5.74) is 4.30. The maximum Gasteiger partial charge on any atom is 0.328 e. The Morgan fingerprint density at radius 3 is 2.77 bits per heavy atom. The lowest BCUT2D eigenvalue weighted by molar-refractivity contribution is -0.145. The maximum atomic E-state index is 11.8. The molecule has 0 bridgehead atoms. The second-order valence-electron chi connectivity index (χ2n) is 5.17. The third kappa shape index (κ3) is 3.01. The quantitative estimate of drug-likeness (QED) is 0.881. The summed E-state index contributed by atoms with van der Waals surface area (Å²) in [6, 6.07) is 11.9. The molecule has 1 atom stereocenters. The van der Waals surface area contributed by atoms with Gasteiger partial charge in [0.15, 0.2) is 0 Å². The molecule has 4 nitrogen and oxygen atoms in total. The highest BCUT2D eigenvalue weighted by Gasteiger charge is 2.25. The Hall–Kier alpha value is -2.62. The molecule has 112 valence electrons. The summed E-state index contributed by atoms with van der Waals surface area (Å²) >= 11 is 0. The normalized spacial score (nSPS) is 16.8. The molecule has 1 N–H and O–H groups in total. The molecule has 0 aliphatic carbocycles. The fourth-order valence-corrected chi connectivity index (χ4v) is 2.54. The van der Waals surface area contributed by atoms with Gasteiger partial charge in [-0.2, -0.15) is 0 Å². The van der Waals surface area contributed by atoms with Crippen LogP contribution in [0.25, 0.3) is 16.7 Å². The van der Waals surface area contributed by atoms with Crippen molar-refractivity contribution in [3.63, 3.8) is 0 Å². The van der Waals surface area contributed by atoms with E-state index in [4.69, 9.17) is 4.74 Å². The molecule has 2 heterocycles. The van der Waals surface area contributed by atoms with Crippen molar-refractivity contribution in [2.75, 3.05) is 6.61 Å². The molecule has 1 aliphatic rings. The molecule has 0 spiro atoms. The minimum absolute atomic E-state index is 0.207. The zero-order valence-corrected chi connectivity index (χ0v) is 12.5. The first-order valence-electron chi connectivity index (χ1n) is 7.40. The van der Waals surface area contributed by atoms with Crippen molar-refractivity contribution in [2.45, 2.75) is 19.4 Å². The van der Waals surface area contributed by atoms with Gasteiger partial charge in [0.05, 0.1) is 6.61 Å². The number of rotatable bonds is 4. The van der Waals surface area contributed by atoms with Crippen LogP contribution in [0.5, 0.6) is 0 Å². The molecule has 1 aromatic carbocycles. The molecule has 0 amide bonds. The van der Waals surface area contributed by atoms with E-state index in [1.165, 1.54) is 0 Å². The van der Waals surface area contributed by atoms with Crippen LogP contribution in [-0.4, -0.2) is 23.6 Å². The smallest absolute Gasteiger partial charge is 0.328 e. The van der Waals surface area contributed by atoms with Crippen molar-refractivity contribution in [1.82, 2.24) is 10.3 Å². The minimum atomic E-state index is -0.296. The summed E-state index contributed by atoms with van der Waals surface area (Å²) < 4.78 is 5.05. The molecule has 2 aromatic rings. The fourth-order valence-electron chi connectivity index (χ4n) is 2.54. The van der Waals surface area contributed by atoms with Gasteiger partial charge in [0.25, 0.3) is 0 Å². The highest BCUT2D eigenvalue weighted by Crippen LogP contribution is 2.27. The Labute approximate surface area is 129 Å². The maximum absolute atomic E-state index is 11.8. The van der Waals surface area contributed by atoms with Crippen LogP contribution in [0.2, 0.25) is 0 Å². The first-order valence-corrected chi connectivity index (χ1v) is 7.40. The lowest BCUT2D eigenvalue weighted by atomic mass is 10.0. The van der Waals surface area contributed by atoms with Crippen molar-refractivity contribution in [2.24, 2.45) is 0 Å². The van der Waals surface area contributed by atoms with Crippen molar-refractivity contribution in [1.29, 1.82) is 0 Å². The van der Waals surface area contributed by atoms with E-state index in [2.05, 4.69) is 28.5 Å². The third-order valence-electron chi connectivity index (χ3n) is 3.67. The van der Waals surface area contributed by atoms with Crippen molar-refractivity contribution >= 4 is 11.5 Å². The molecule has 0 fully saturated rings. The largest absolute Gasteiger partial charge is 0.464 e. The Morgan fingerprint density at radius 1 is 1.23 bits per heavy atom. The van der Waals surface area contributed by atoms with Gasteiger partial charge in [-0.25, -0.2) is 4.79 Å². The molecule has 4 heteroatoms. The predicted molar refractivity (Wildman–Crippen MR) is 85.8 cm³/mol. The van der Waals surface area contributed by atoms with Gasteiger partial charge in [0.1, 0.15) is 6.04 Å². The molecule has 0 saturated carbocycles. The van der Waals surface area contributed by atoms with Gasteiger partial charge >= 0.3 is 5.97 Å². The number of carbonyl (C=O) groups is 1. The van der Waals surface area contributed by atoms with Gasteiger partial charge in [-0.3, -0.25) is 4.98 Å². The molecule has 1 aliphatic heterocycles. The van der Waals surface area contributed by atoms with Crippen LogP contribution in [0, 0.1) is 0 Å². The van der Waals surface area contributed by atoms with Gasteiger partial charge in [-0.15, -0.1) is 0 Å². The van der Waals surface area contributed by atoms with Gasteiger partial charge in [0.2, 0.25) is 0 Å². The summed E-state index contributed by atoms with van der Waals surface area (Å²) in [6.45, 7) is 2.21. The number of hydrogen-bond acceptors (Lipinski definition) is 4. The highest BCUT2D eigenvalue weighted by atomic mass is 16.5. The van der Waals surface area contributed by atoms with Crippen molar-refractivity contribution in [3.05, 3.63) is 60.6 Å². The van der Waals surface area contributed by atoms with Gasteiger partial charge in [-0.1, -0.05) is 30.3 Å². The van der Waals surface area contributed by atoms with Gasteiger partial charge in [-0.05, 0) is 29.7 Å². The minimum Gasteiger partial charge on any atom is -0.464 e. The summed E-state index contributed by atoms with van der Waals surface area (Å²) in [7, 11) is 0. The van der Waals surface area contributed by atoms with Crippen molar-refractivity contribution in [3.8, 4) is 11.1 Å². The number of aromatic nitrogens is 1. The number of esters is 1. The molecule has 0 saturated heterocycles. The van der Waals surface area contributed by atoms with E-state index < -0.39 is 0 Å². The van der Waals surface area contributed by atoms with E-state index in [0.717, 1.165) is 22.3 Å². The highest BCUT2D eigenvalue weighted by molar-refractivity contribution is 5.83. The van der Waals surface area contributed by atoms with Crippen molar-refractivity contribution < 1.29 is 9.53 Å². The van der Waals surface area contributed by atoms with E-state index in [1.807, 2.05) is 43.7 Å². The number of ether oxygens (including phenoxy) is 1. The number of hydrogen-bond donors (Lipinski definition) is 1. The number of benzene rings is 1. The van der Waals surface area contributed by atoms with Crippen LogP contribution >= 0.6 is 0 Å². The summed E-state index contributed by atoms with van der Waals surface area (Å²) in [5, 5.41) is 3.08.